The van der Waals surface area contributed by atoms with Crippen molar-refractivity contribution in [3.05, 3.63) is 70.8 Å². The average Bonchev–Trinajstić information content (AvgIpc) is 3.31. The van der Waals surface area contributed by atoms with Gasteiger partial charge in [0, 0.05) is 31.5 Å². The van der Waals surface area contributed by atoms with Gasteiger partial charge in [-0.3, -0.25) is 9.59 Å². The van der Waals surface area contributed by atoms with E-state index in [1.807, 2.05) is 4.90 Å². The molecule has 1 saturated heterocycles. The first-order valence-corrected chi connectivity index (χ1v) is 13.1. The number of rotatable bonds is 5. The number of nitrogens with zero attached hydrogens (tertiary/aromatic N) is 1. The third-order valence-electron chi connectivity index (χ3n) is 8.24. The summed E-state index contributed by atoms with van der Waals surface area (Å²) in [4.78, 5) is 28.6. The Morgan fingerprint density at radius 2 is 1.50 bits per heavy atom. The number of amides is 2. The molecule has 2 aromatic rings. The fraction of sp³-hybridized carbons (Fsp3) is 0.517. The van der Waals surface area contributed by atoms with E-state index in [0.717, 1.165) is 51.4 Å². The van der Waals surface area contributed by atoms with Gasteiger partial charge in [0.2, 0.25) is 11.8 Å². The largest absolute Gasteiger partial charge is 0.354 e. The lowest BCUT2D eigenvalue weighted by Gasteiger charge is -2.29. The number of hydrogen-bond donors (Lipinski definition) is 2. The molecule has 2 aromatic carbocycles. The molecule has 3 N–H and O–H groups in total. The van der Waals surface area contributed by atoms with Gasteiger partial charge < -0.3 is 16.0 Å². The summed E-state index contributed by atoms with van der Waals surface area (Å²) in [5, 5.41) is 3.17. The lowest BCUT2D eigenvalue weighted by atomic mass is 9.85. The Labute approximate surface area is 203 Å². The van der Waals surface area contributed by atoms with Crippen LogP contribution in [0.15, 0.2) is 48.5 Å². The molecule has 180 valence electrons. The molecule has 5 heteroatoms. The standard InChI is InChI=1S/C29H37N3O2/c30-23-15-11-20(12-16-23)19-31-29(34)27-10-5-17-32(27)28(33)18-26-24-8-3-1-6-21(24)13-14-22-7-2-4-9-25(22)26/h1-4,6-9,20,23,26-27H,5,10-19,30H2,(H,31,34)/t20?,23?,27-/m0/s1. The van der Waals surface area contributed by atoms with Gasteiger partial charge in [0.25, 0.3) is 0 Å². The Hall–Kier alpha value is -2.66. The van der Waals surface area contributed by atoms with E-state index in [1.165, 1.54) is 22.3 Å². The van der Waals surface area contributed by atoms with Crippen molar-refractivity contribution in [1.82, 2.24) is 10.2 Å². The predicted octanol–water partition coefficient (Wildman–Crippen LogP) is 3.93. The number of hydrogen-bond acceptors (Lipinski definition) is 3. The third-order valence-corrected chi connectivity index (χ3v) is 8.24. The van der Waals surface area contributed by atoms with E-state index in [2.05, 4.69) is 53.8 Å². The van der Waals surface area contributed by atoms with Gasteiger partial charge in [-0.2, -0.15) is 0 Å². The Morgan fingerprint density at radius 3 is 2.15 bits per heavy atom. The van der Waals surface area contributed by atoms with Crippen LogP contribution in [0, 0.1) is 5.92 Å². The van der Waals surface area contributed by atoms with Crippen molar-refractivity contribution in [3.63, 3.8) is 0 Å². The maximum atomic E-state index is 13.6. The number of nitrogens with two attached hydrogens (primary N) is 1. The first kappa shape index (κ1) is 23.1. The van der Waals surface area contributed by atoms with E-state index in [9.17, 15) is 9.59 Å². The first-order chi connectivity index (χ1) is 16.6. The molecule has 2 aliphatic carbocycles. The quantitative estimate of drug-likeness (QED) is 0.711. The van der Waals surface area contributed by atoms with E-state index < -0.39 is 0 Å². The third kappa shape index (κ3) is 4.90. The fourth-order valence-electron chi connectivity index (χ4n) is 6.25. The maximum Gasteiger partial charge on any atom is 0.242 e. The maximum absolute atomic E-state index is 13.6. The van der Waals surface area contributed by atoms with Crippen molar-refractivity contribution in [3.8, 4) is 0 Å². The van der Waals surface area contributed by atoms with Gasteiger partial charge in [0.1, 0.15) is 6.04 Å². The minimum absolute atomic E-state index is 0.0161. The van der Waals surface area contributed by atoms with Crippen LogP contribution in [0.3, 0.4) is 0 Å². The monoisotopic (exact) mass is 459 g/mol. The number of benzene rings is 2. The van der Waals surface area contributed by atoms with Gasteiger partial charge in [-0.25, -0.2) is 0 Å². The molecule has 0 radical (unpaired) electrons. The van der Waals surface area contributed by atoms with Crippen LogP contribution in [0.5, 0.6) is 0 Å². The van der Waals surface area contributed by atoms with Crippen molar-refractivity contribution in [2.24, 2.45) is 11.7 Å². The van der Waals surface area contributed by atoms with Crippen molar-refractivity contribution in [1.29, 1.82) is 0 Å². The average molecular weight is 460 g/mol. The number of carbonyl (C=O) groups excluding carboxylic acids is 2. The van der Waals surface area contributed by atoms with Crippen LogP contribution in [0.25, 0.3) is 0 Å². The van der Waals surface area contributed by atoms with E-state index in [-0.39, 0.29) is 23.8 Å². The predicted molar refractivity (Wildman–Crippen MR) is 134 cm³/mol. The topological polar surface area (TPSA) is 75.4 Å². The van der Waals surface area contributed by atoms with Crippen LogP contribution in [-0.2, 0) is 22.4 Å². The molecule has 1 atom stereocenters. The SMILES string of the molecule is NC1CCC(CNC(=O)[C@@H]2CCCN2C(=O)CC2c3ccccc3CCc3ccccc32)CC1. The first-order valence-electron chi connectivity index (χ1n) is 13.1. The van der Waals surface area contributed by atoms with E-state index in [1.54, 1.807) is 0 Å². The van der Waals surface area contributed by atoms with Crippen molar-refractivity contribution >= 4 is 11.8 Å². The highest BCUT2D eigenvalue weighted by atomic mass is 16.2. The smallest absolute Gasteiger partial charge is 0.242 e. The highest BCUT2D eigenvalue weighted by molar-refractivity contribution is 5.88. The number of nitrogens with one attached hydrogen (secondary N) is 1. The Balaban J connectivity index is 1.29. The molecule has 1 heterocycles. The highest BCUT2D eigenvalue weighted by Crippen LogP contribution is 2.37. The minimum Gasteiger partial charge on any atom is -0.354 e. The van der Waals surface area contributed by atoms with Crippen molar-refractivity contribution in [2.45, 2.75) is 75.8 Å². The Morgan fingerprint density at radius 1 is 0.882 bits per heavy atom. The summed E-state index contributed by atoms with van der Waals surface area (Å²) in [6.45, 7) is 1.37. The van der Waals surface area contributed by atoms with Crippen LogP contribution < -0.4 is 11.1 Å². The molecule has 2 fully saturated rings. The van der Waals surface area contributed by atoms with Gasteiger partial charge in [-0.15, -0.1) is 0 Å². The molecule has 1 aliphatic heterocycles. The van der Waals surface area contributed by atoms with E-state index in [4.69, 9.17) is 5.73 Å². The van der Waals surface area contributed by atoms with E-state index >= 15 is 0 Å². The van der Waals surface area contributed by atoms with Crippen LogP contribution in [0.2, 0.25) is 0 Å². The van der Waals surface area contributed by atoms with Gasteiger partial charge in [0.15, 0.2) is 0 Å². The van der Waals surface area contributed by atoms with Crippen molar-refractivity contribution < 1.29 is 9.59 Å². The van der Waals surface area contributed by atoms with Gasteiger partial charge in [0.05, 0.1) is 0 Å². The molecule has 5 nitrogen and oxygen atoms in total. The summed E-state index contributed by atoms with van der Waals surface area (Å²) in [5.41, 5.74) is 11.2. The molecule has 0 unspecified atom stereocenters. The molecule has 3 aliphatic rings. The molecule has 0 bridgehead atoms. The Bertz CT molecular complexity index is 980. The van der Waals surface area contributed by atoms with Crippen LogP contribution in [-0.4, -0.2) is 41.9 Å². The molecule has 0 aromatic heterocycles. The summed E-state index contributed by atoms with van der Waals surface area (Å²) < 4.78 is 0. The molecular weight excluding hydrogens is 422 g/mol. The minimum atomic E-state index is -0.338. The molecule has 2 amide bonds. The summed E-state index contributed by atoms with van der Waals surface area (Å²) in [7, 11) is 0. The Kier molecular flexibility index (Phi) is 7.00. The van der Waals surface area contributed by atoms with Crippen LogP contribution >= 0.6 is 0 Å². The second-order valence-electron chi connectivity index (χ2n) is 10.4. The summed E-state index contributed by atoms with van der Waals surface area (Å²) >= 11 is 0. The summed E-state index contributed by atoms with van der Waals surface area (Å²) in [6, 6.07) is 17.1. The summed E-state index contributed by atoms with van der Waals surface area (Å²) in [6.07, 6.45) is 8.29. The lowest BCUT2D eigenvalue weighted by molar-refractivity contribution is -0.138. The normalized spacial score (nSPS) is 24.7. The number of likely N-dealkylation sites (tertiary alicyclic amines) is 1. The zero-order chi connectivity index (χ0) is 23.5. The number of aryl methyl sites for hydroxylation is 2. The second kappa shape index (κ2) is 10.3. The van der Waals surface area contributed by atoms with Crippen LogP contribution in [0.4, 0.5) is 0 Å². The molecule has 0 spiro atoms. The fourth-order valence-corrected chi connectivity index (χ4v) is 6.25. The molecule has 5 rings (SSSR count). The van der Waals surface area contributed by atoms with E-state index in [0.29, 0.717) is 31.5 Å². The van der Waals surface area contributed by atoms with Gasteiger partial charge in [-0.05, 0) is 79.5 Å². The lowest BCUT2D eigenvalue weighted by Crippen LogP contribution is -2.47. The molecule has 34 heavy (non-hydrogen) atoms. The zero-order valence-electron chi connectivity index (χ0n) is 20.0. The number of fused-ring (bicyclic) bond motifs is 2. The summed E-state index contributed by atoms with van der Waals surface area (Å²) in [5.74, 6) is 0.659. The van der Waals surface area contributed by atoms with Gasteiger partial charge >= 0.3 is 0 Å². The van der Waals surface area contributed by atoms with Crippen molar-refractivity contribution in [2.75, 3.05) is 13.1 Å². The highest BCUT2D eigenvalue weighted by Gasteiger charge is 2.36. The molecule has 1 saturated carbocycles. The second-order valence-corrected chi connectivity index (χ2v) is 10.4. The zero-order valence-corrected chi connectivity index (χ0v) is 20.0. The van der Waals surface area contributed by atoms with Gasteiger partial charge in [-0.1, -0.05) is 48.5 Å². The van der Waals surface area contributed by atoms with Crippen LogP contribution in [0.1, 0.15) is 73.1 Å². The number of carbonyl (C=O) groups is 2. The molecular formula is C29H37N3O2.